The zero-order valence-electron chi connectivity index (χ0n) is 12.8. The number of hydrogen-bond acceptors (Lipinski definition) is 3. The monoisotopic (exact) mass is 326 g/mol. The van der Waals surface area contributed by atoms with Crippen molar-refractivity contribution in [3.05, 3.63) is 53.6 Å². The minimum Gasteiger partial charge on any atom is -0.340 e. The van der Waals surface area contributed by atoms with Gasteiger partial charge < -0.3 is 10.2 Å². The number of aryl methyl sites for hydroxylation is 1. The number of carbonyl (C=O) groups excluding carboxylic acids is 1. The standard InChI is InChI=1S/C15H19FN4O.ClH/c1-17-14(12-8-18-20(3)10-12)15(21)19(2)9-11-4-6-13(16)7-5-11;/h4-8,10,14,17H,9H2,1-3H3;1H. The van der Waals surface area contributed by atoms with Gasteiger partial charge in [-0.25, -0.2) is 4.39 Å². The van der Waals surface area contributed by atoms with Crippen molar-refractivity contribution in [3.63, 3.8) is 0 Å². The first-order valence-corrected chi connectivity index (χ1v) is 6.66. The van der Waals surface area contributed by atoms with Gasteiger partial charge in [-0.05, 0) is 24.7 Å². The van der Waals surface area contributed by atoms with E-state index in [2.05, 4.69) is 10.4 Å². The molecule has 0 aliphatic carbocycles. The van der Waals surface area contributed by atoms with Crippen LogP contribution in [0.25, 0.3) is 0 Å². The van der Waals surface area contributed by atoms with Crippen molar-refractivity contribution in [1.82, 2.24) is 20.0 Å². The van der Waals surface area contributed by atoms with Gasteiger partial charge in [0.15, 0.2) is 0 Å². The Balaban J connectivity index is 0.00000242. The van der Waals surface area contributed by atoms with Gasteiger partial charge >= 0.3 is 0 Å². The highest BCUT2D eigenvalue weighted by Gasteiger charge is 2.23. The van der Waals surface area contributed by atoms with Crippen LogP contribution in [0.1, 0.15) is 17.2 Å². The lowest BCUT2D eigenvalue weighted by Gasteiger charge is -2.23. The van der Waals surface area contributed by atoms with E-state index in [1.165, 1.54) is 12.1 Å². The number of aromatic nitrogens is 2. The maximum absolute atomic E-state index is 12.9. The van der Waals surface area contributed by atoms with Gasteiger partial charge in [-0.1, -0.05) is 12.1 Å². The molecule has 0 saturated heterocycles. The second kappa shape index (κ2) is 7.91. The number of amides is 1. The van der Waals surface area contributed by atoms with Gasteiger partial charge in [0.25, 0.3) is 0 Å². The molecule has 1 heterocycles. The first kappa shape index (κ1) is 18.1. The lowest BCUT2D eigenvalue weighted by Crippen LogP contribution is -2.37. The smallest absolute Gasteiger partial charge is 0.244 e. The normalized spacial score (nSPS) is 11.6. The molecule has 0 bridgehead atoms. The zero-order chi connectivity index (χ0) is 15.4. The quantitative estimate of drug-likeness (QED) is 0.913. The van der Waals surface area contributed by atoms with E-state index >= 15 is 0 Å². The van der Waals surface area contributed by atoms with Crippen molar-refractivity contribution in [1.29, 1.82) is 0 Å². The summed E-state index contributed by atoms with van der Waals surface area (Å²) in [7, 11) is 5.27. The molecule has 2 aromatic rings. The highest BCUT2D eigenvalue weighted by atomic mass is 35.5. The molecule has 1 N–H and O–H groups in total. The lowest BCUT2D eigenvalue weighted by atomic mass is 10.1. The van der Waals surface area contributed by atoms with Crippen LogP contribution in [0.2, 0.25) is 0 Å². The number of carbonyl (C=O) groups is 1. The van der Waals surface area contributed by atoms with Gasteiger partial charge in [-0.2, -0.15) is 5.10 Å². The van der Waals surface area contributed by atoms with Crippen molar-refractivity contribution >= 4 is 18.3 Å². The van der Waals surface area contributed by atoms with Crippen molar-refractivity contribution in [3.8, 4) is 0 Å². The highest BCUT2D eigenvalue weighted by molar-refractivity contribution is 5.85. The fourth-order valence-corrected chi connectivity index (χ4v) is 2.18. The van der Waals surface area contributed by atoms with Crippen molar-refractivity contribution in [2.45, 2.75) is 12.6 Å². The topological polar surface area (TPSA) is 50.2 Å². The van der Waals surface area contributed by atoms with Crippen molar-refractivity contribution < 1.29 is 9.18 Å². The second-order valence-electron chi connectivity index (χ2n) is 4.99. The highest BCUT2D eigenvalue weighted by Crippen LogP contribution is 2.15. The Morgan fingerprint density at radius 3 is 2.55 bits per heavy atom. The van der Waals surface area contributed by atoms with Crippen LogP contribution in [0, 0.1) is 5.82 Å². The van der Waals surface area contributed by atoms with E-state index in [1.807, 2.05) is 13.2 Å². The summed E-state index contributed by atoms with van der Waals surface area (Å²) in [6.45, 7) is 0.428. The summed E-state index contributed by atoms with van der Waals surface area (Å²) in [5.74, 6) is -0.342. The van der Waals surface area contributed by atoms with E-state index in [0.717, 1.165) is 11.1 Å². The van der Waals surface area contributed by atoms with Crippen LogP contribution in [-0.2, 0) is 18.4 Å². The first-order valence-electron chi connectivity index (χ1n) is 6.66. The van der Waals surface area contributed by atoms with Crippen LogP contribution in [0.4, 0.5) is 4.39 Å². The number of rotatable bonds is 5. The van der Waals surface area contributed by atoms with E-state index in [-0.39, 0.29) is 24.1 Å². The SMILES string of the molecule is CNC(C(=O)N(C)Cc1ccc(F)cc1)c1cnn(C)c1.Cl. The Kier molecular flexibility index (Phi) is 6.52. The summed E-state index contributed by atoms with van der Waals surface area (Å²) in [5.41, 5.74) is 1.70. The summed E-state index contributed by atoms with van der Waals surface area (Å²) in [4.78, 5) is 14.1. The van der Waals surface area contributed by atoms with E-state index in [9.17, 15) is 9.18 Å². The molecule has 0 aliphatic heterocycles. The largest absolute Gasteiger partial charge is 0.340 e. The summed E-state index contributed by atoms with van der Waals surface area (Å²) >= 11 is 0. The molecule has 7 heteroatoms. The maximum Gasteiger partial charge on any atom is 0.244 e. The fraction of sp³-hybridized carbons (Fsp3) is 0.333. The number of likely N-dealkylation sites (N-methyl/N-ethyl adjacent to an activating group) is 2. The van der Waals surface area contributed by atoms with Crippen LogP contribution in [0.3, 0.4) is 0 Å². The van der Waals surface area contributed by atoms with Gasteiger partial charge in [0, 0.05) is 32.4 Å². The van der Waals surface area contributed by atoms with E-state index in [0.29, 0.717) is 6.54 Å². The Hall–Kier alpha value is -1.92. The molecule has 1 atom stereocenters. The third kappa shape index (κ3) is 4.29. The molecule has 0 radical (unpaired) electrons. The lowest BCUT2D eigenvalue weighted by molar-refractivity contribution is -0.132. The second-order valence-corrected chi connectivity index (χ2v) is 4.99. The van der Waals surface area contributed by atoms with Gasteiger partial charge in [0.2, 0.25) is 5.91 Å². The third-order valence-electron chi connectivity index (χ3n) is 3.30. The summed E-state index contributed by atoms with van der Waals surface area (Å²) in [6, 6.07) is 5.70. The van der Waals surface area contributed by atoms with Gasteiger partial charge in [0.05, 0.1) is 6.20 Å². The number of halogens is 2. The van der Waals surface area contributed by atoms with E-state index in [4.69, 9.17) is 0 Å². The number of nitrogens with one attached hydrogen (secondary N) is 1. The Morgan fingerprint density at radius 2 is 2.05 bits per heavy atom. The third-order valence-corrected chi connectivity index (χ3v) is 3.30. The van der Waals surface area contributed by atoms with Crippen molar-refractivity contribution in [2.24, 2.45) is 7.05 Å². The number of nitrogens with zero attached hydrogens (tertiary/aromatic N) is 3. The van der Waals surface area contributed by atoms with Crippen LogP contribution in [0.5, 0.6) is 0 Å². The average Bonchev–Trinajstić information content (AvgIpc) is 2.88. The van der Waals surface area contributed by atoms with Gasteiger partial charge in [-0.3, -0.25) is 9.48 Å². The van der Waals surface area contributed by atoms with Crippen LogP contribution in [-0.4, -0.2) is 34.7 Å². The maximum atomic E-state index is 12.9. The fourth-order valence-electron chi connectivity index (χ4n) is 2.18. The molecule has 1 amide bonds. The molecular formula is C15H20ClFN4O. The molecule has 0 fully saturated rings. The molecule has 5 nitrogen and oxygen atoms in total. The van der Waals surface area contributed by atoms with Crippen LogP contribution < -0.4 is 5.32 Å². The predicted octanol–water partition coefficient (Wildman–Crippen LogP) is 1.90. The molecule has 22 heavy (non-hydrogen) atoms. The molecule has 1 aromatic carbocycles. The molecular weight excluding hydrogens is 307 g/mol. The Bertz CT molecular complexity index is 614. The average molecular weight is 327 g/mol. The minimum absolute atomic E-state index is 0. The molecule has 2 rings (SSSR count). The Labute approximate surface area is 135 Å². The molecule has 1 aromatic heterocycles. The molecule has 0 spiro atoms. The van der Waals surface area contributed by atoms with E-state index in [1.54, 1.807) is 42.0 Å². The van der Waals surface area contributed by atoms with Gasteiger partial charge in [0.1, 0.15) is 11.9 Å². The Morgan fingerprint density at radius 1 is 1.41 bits per heavy atom. The summed E-state index contributed by atoms with van der Waals surface area (Å²) < 4.78 is 14.5. The van der Waals surface area contributed by atoms with Crippen LogP contribution >= 0.6 is 12.4 Å². The van der Waals surface area contributed by atoms with Crippen molar-refractivity contribution in [2.75, 3.05) is 14.1 Å². The summed E-state index contributed by atoms with van der Waals surface area (Å²) in [5, 5.41) is 7.09. The zero-order valence-corrected chi connectivity index (χ0v) is 13.6. The molecule has 0 saturated carbocycles. The number of benzene rings is 1. The predicted molar refractivity (Wildman–Crippen MR) is 85.1 cm³/mol. The summed E-state index contributed by atoms with van der Waals surface area (Å²) in [6.07, 6.45) is 3.48. The first-order chi connectivity index (χ1) is 10.0. The molecule has 1 unspecified atom stereocenters. The number of hydrogen-bond donors (Lipinski definition) is 1. The van der Waals surface area contributed by atoms with E-state index < -0.39 is 6.04 Å². The van der Waals surface area contributed by atoms with Gasteiger partial charge in [-0.15, -0.1) is 12.4 Å². The molecule has 120 valence electrons. The molecule has 0 aliphatic rings. The minimum atomic E-state index is -0.441. The van der Waals surface area contributed by atoms with Crippen LogP contribution in [0.15, 0.2) is 36.7 Å².